The van der Waals surface area contributed by atoms with Gasteiger partial charge in [0.1, 0.15) is 11.5 Å². The molecular formula is C15H17N5O. The molecule has 0 aromatic carbocycles. The Morgan fingerprint density at radius 3 is 3.19 bits per heavy atom. The fraction of sp³-hybridized carbons (Fsp3) is 0.400. The van der Waals surface area contributed by atoms with Gasteiger partial charge in [-0.15, -0.1) is 0 Å². The zero-order chi connectivity index (χ0) is 14.2. The van der Waals surface area contributed by atoms with Crippen LogP contribution in [0.15, 0.2) is 34.5 Å². The standard InChI is InChI=1S/C15H17N5O/c21-10-4-7-20(9-10)13-3-6-17-15(19-13)12-8-18-14-11(12)2-1-5-16-14/h1-2,5,8,10,21H,3-4,6-7,9H2,(H,16,18)/t10-/m0/s1. The first-order chi connectivity index (χ1) is 10.3. The Bertz CT molecular complexity index is 732. The number of hydrogen-bond donors (Lipinski definition) is 2. The van der Waals surface area contributed by atoms with Crippen molar-refractivity contribution >= 4 is 22.7 Å². The van der Waals surface area contributed by atoms with Crippen molar-refractivity contribution < 1.29 is 5.11 Å². The Hall–Kier alpha value is -2.21. The summed E-state index contributed by atoms with van der Waals surface area (Å²) in [7, 11) is 0. The first-order valence-electron chi connectivity index (χ1n) is 7.29. The molecule has 1 fully saturated rings. The molecule has 1 atom stereocenters. The molecule has 2 aliphatic heterocycles. The zero-order valence-corrected chi connectivity index (χ0v) is 11.7. The molecule has 21 heavy (non-hydrogen) atoms. The Labute approximate surface area is 122 Å². The zero-order valence-electron chi connectivity index (χ0n) is 11.7. The molecule has 4 rings (SSSR count). The molecule has 2 aromatic heterocycles. The Balaban J connectivity index is 1.69. The molecule has 2 aromatic rings. The average molecular weight is 283 g/mol. The number of aliphatic hydroxyl groups is 1. The van der Waals surface area contributed by atoms with E-state index in [9.17, 15) is 5.11 Å². The molecule has 6 heteroatoms. The number of hydrogen-bond acceptors (Lipinski definition) is 5. The summed E-state index contributed by atoms with van der Waals surface area (Å²) in [5.41, 5.74) is 1.85. The van der Waals surface area contributed by atoms with Gasteiger partial charge in [-0.1, -0.05) is 0 Å². The number of nitrogens with one attached hydrogen (secondary N) is 1. The molecule has 0 saturated carbocycles. The van der Waals surface area contributed by atoms with E-state index in [1.807, 2.05) is 18.3 Å². The van der Waals surface area contributed by atoms with Crippen molar-refractivity contribution in [3.05, 3.63) is 30.1 Å². The van der Waals surface area contributed by atoms with E-state index in [-0.39, 0.29) is 6.10 Å². The van der Waals surface area contributed by atoms with E-state index in [2.05, 4.69) is 19.9 Å². The second-order valence-corrected chi connectivity index (χ2v) is 5.47. The highest BCUT2D eigenvalue weighted by molar-refractivity contribution is 6.14. The molecule has 0 amide bonds. The summed E-state index contributed by atoms with van der Waals surface area (Å²) in [5.74, 6) is 1.80. The second kappa shape index (κ2) is 4.96. The van der Waals surface area contributed by atoms with Gasteiger partial charge in [0.05, 0.1) is 6.10 Å². The highest BCUT2D eigenvalue weighted by Crippen LogP contribution is 2.20. The highest BCUT2D eigenvalue weighted by Gasteiger charge is 2.25. The van der Waals surface area contributed by atoms with Crippen molar-refractivity contribution in [2.75, 3.05) is 19.6 Å². The van der Waals surface area contributed by atoms with Crippen molar-refractivity contribution in [1.82, 2.24) is 14.9 Å². The second-order valence-electron chi connectivity index (χ2n) is 5.47. The molecule has 108 valence electrons. The number of aromatic amines is 1. The first-order valence-corrected chi connectivity index (χ1v) is 7.29. The van der Waals surface area contributed by atoms with Crippen LogP contribution in [-0.2, 0) is 0 Å². The molecular weight excluding hydrogens is 266 g/mol. The fourth-order valence-electron chi connectivity index (χ4n) is 2.97. The fourth-order valence-corrected chi connectivity index (χ4v) is 2.97. The number of aliphatic hydroxyl groups excluding tert-OH is 1. The van der Waals surface area contributed by atoms with Gasteiger partial charge in [0.15, 0.2) is 5.84 Å². The number of amidine groups is 2. The summed E-state index contributed by atoms with van der Waals surface area (Å²) in [6.45, 7) is 2.30. The number of β-amino-alcohol motifs (C(OH)–C–C–N with tert-alkyl or cyclic N) is 1. The van der Waals surface area contributed by atoms with Crippen molar-refractivity contribution in [2.24, 2.45) is 9.98 Å². The summed E-state index contributed by atoms with van der Waals surface area (Å²) in [5, 5.41) is 10.7. The largest absolute Gasteiger partial charge is 0.391 e. The maximum absolute atomic E-state index is 9.68. The minimum absolute atomic E-state index is 0.229. The lowest BCUT2D eigenvalue weighted by Crippen LogP contribution is -2.32. The van der Waals surface area contributed by atoms with Crippen molar-refractivity contribution in [3.63, 3.8) is 0 Å². The molecule has 0 aliphatic carbocycles. The van der Waals surface area contributed by atoms with E-state index >= 15 is 0 Å². The van der Waals surface area contributed by atoms with Crippen LogP contribution in [0.5, 0.6) is 0 Å². The van der Waals surface area contributed by atoms with Gasteiger partial charge in [0.2, 0.25) is 0 Å². The lowest BCUT2D eigenvalue weighted by Gasteiger charge is -2.22. The normalized spacial score (nSPS) is 22.5. The Morgan fingerprint density at radius 2 is 2.33 bits per heavy atom. The van der Waals surface area contributed by atoms with Crippen LogP contribution < -0.4 is 0 Å². The summed E-state index contributed by atoms with van der Waals surface area (Å²) in [6.07, 6.45) is 5.12. The number of aliphatic imine (C=N–C) groups is 2. The number of likely N-dealkylation sites (tertiary alicyclic amines) is 1. The van der Waals surface area contributed by atoms with Crippen LogP contribution >= 0.6 is 0 Å². The molecule has 2 aliphatic rings. The quantitative estimate of drug-likeness (QED) is 0.825. The number of fused-ring (bicyclic) bond motifs is 1. The van der Waals surface area contributed by atoms with Crippen molar-refractivity contribution in [1.29, 1.82) is 0 Å². The highest BCUT2D eigenvalue weighted by atomic mass is 16.3. The smallest absolute Gasteiger partial charge is 0.158 e. The molecule has 0 radical (unpaired) electrons. The molecule has 1 saturated heterocycles. The van der Waals surface area contributed by atoms with Crippen molar-refractivity contribution in [3.8, 4) is 0 Å². The van der Waals surface area contributed by atoms with E-state index in [1.54, 1.807) is 6.20 Å². The van der Waals surface area contributed by atoms with Crippen LogP contribution in [0, 0.1) is 0 Å². The SMILES string of the molecule is O[C@H]1CCN(C2=NC(c3c[nH]c4ncccc34)=NCC2)C1. The van der Waals surface area contributed by atoms with E-state index in [1.165, 1.54) is 0 Å². The first kappa shape index (κ1) is 12.5. The number of aromatic nitrogens is 2. The van der Waals surface area contributed by atoms with Crippen LogP contribution in [0.25, 0.3) is 11.0 Å². The summed E-state index contributed by atoms with van der Waals surface area (Å²) < 4.78 is 0. The molecule has 6 nitrogen and oxygen atoms in total. The molecule has 0 bridgehead atoms. The van der Waals surface area contributed by atoms with Gasteiger partial charge < -0.3 is 15.0 Å². The van der Waals surface area contributed by atoms with Crippen LogP contribution in [0.2, 0.25) is 0 Å². The van der Waals surface area contributed by atoms with Gasteiger partial charge in [0.25, 0.3) is 0 Å². The van der Waals surface area contributed by atoms with E-state index in [4.69, 9.17) is 4.99 Å². The summed E-state index contributed by atoms with van der Waals surface area (Å²) in [4.78, 5) is 18.9. The number of nitrogens with zero attached hydrogens (tertiary/aromatic N) is 4. The monoisotopic (exact) mass is 283 g/mol. The topological polar surface area (TPSA) is 76.9 Å². The van der Waals surface area contributed by atoms with Crippen LogP contribution in [0.3, 0.4) is 0 Å². The van der Waals surface area contributed by atoms with Gasteiger partial charge in [-0.05, 0) is 18.6 Å². The van der Waals surface area contributed by atoms with Crippen LogP contribution in [0.4, 0.5) is 0 Å². The van der Waals surface area contributed by atoms with E-state index in [0.717, 1.165) is 54.2 Å². The lowest BCUT2D eigenvalue weighted by molar-refractivity contribution is 0.188. The maximum Gasteiger partial charge on any atom is 0.158 e. The number of H-pyrrole nitrogens is 1. The van der Waals surface area contributed by atoms with Gasteiger partial charge in [0, 0.05) is 49.4 Å². The van der Waals surface area contributed by atoms with Gasteiger partial charge in [-0.2, -0.15) is 0 Å². The van der Waals surface area contributed by atoms with Gasteiger partial charge >= 0.3 is 0 Å². The molecule has 0 unspecified atom stereocenters. The van der Waals surface area contributed by atoms with E-state index in [0.29, 0.717) is 6.54 Å². The van der Waals surface area contributed by atoms with Crippen LogP contribution in [-0.4, -0.2) is 57.4 Å². The summed E-state index contributed by atoms with van der Waals surface area (Å²) >= 11 is 0. The average Bonchev–Trinajstić information content (AvgIpc) is 3.13. The molecule has 2 N–H and O–H groups in total. The maximum atomic E-state index is 9.68. The minimum Gasteiger partial charge on any atom is -0.391 e. The molecule has 4 heterocycles. The third kappa shape index (κ3) is 2.21. The van der Waals surface area contributed by atoms with E-state index < -0.39 is 0 Å². The Morgan fingerprint density at radius 1 is 1.38 bits per heavy atom. The number of pyridine rings is 1. The number of rotatable bonds is 1. The van der Waals surface area contributed by atoms with Gasteiger partial charge in [-0.25, -0.2) is 9.98 Å². The lowest BCUT2D eigenvalue weighted by atomic mass is 10.2. The molecule has 0 spiro atoms. The predicted octanol–water partition coefficient (Wildman–Crippen LogP) is 1.18. The Kier molecular flexibility index (Phi) is 2.96. The minimum atomic E-state index is -0.229. The van der Waals surface area contributed by atoms with Crippen molar-refractivity contribution in [2.45, 2.75) is 18.9 Å². The predicted molar refractivity (Wildman–Crippen MR) is 81.7 cm³/mol. The third-order valence-corrected chi connectivity index (χ3v) is 4.05. The third-order valence-electron chi connectivity index (χ3n) is 4.05. The summed E-state index contributed by atoms with van der Waals surface area (Å²) in [6, 6.07) is 3.95. The van der Waals surface area contributed by atoms with Gasteiger partial charge in [-0.3, -0.25) is 4.99 Å². The van der Waals surface area contributed by atoms with Crippen LogP contribution in [0.1, 0.15) is 18.4 Å².